The Morgan fingerprint density at radius 3 is 2.57 bits per heavy atom. The van der Waals surface area contributed by atoms with Crippen LogP contribution < -0.4 is 0 Å². The fourth-order valence-corrected chi connectivity index (χ4v) is 1.81. The van der Waals surface area contributed by atoms with Gasteiger partial charge in [0.2, 0.25) is 0 Å². The van der Waals surface area contributed by atoms with E-state index in [-0.39, 0.29) is 11.2 Å². The Morgan fingerprint density at radius 2 is 2.07 bits per heavy atom. The molecule has 2 heteroatoms. The molecule has 2 rings (SSSR count). The molecule has 1 N–H and O–H groups in total. The van der Waals surface area contributed by atoms with Crippen molar-refractivity contribution in [1.82, 2.24) is 0 Å². The van der Waals surface area contributed by atoms with Crippen LogP contribution in [0, 0.1) is 11.2 Å². The predicted octanol–water partition coefficient (Wildman–Crippen LogP) is 2.83. The first kappa shape index (κ1) is 9.66. The fourth-order valence-electron chi connectivity index (χ4n) is 1.81. The van der Waals surface area contributed by atoms with Gasteiger partial charge in [-0.25, -0.2) is 4.39 Å². The molecule has 1 unspecified atom stereocenters. The highest BCUT2D eigenvalue weighted by atomic mass is 19.1. The smallest absolute Gasteiger partial charge is 0.123 e. The first-order valence-electron chi connectivity index (χ1n) is 4.94. The van der Waals surface area contributed by atoms with E-state index < -0.39 is 5.60 Å². The van der Waals surface area contributed by atoms with Crippen LogP contribution in [-0.4, -0.2) is 5.11 Å². The second-order valence-corrected chi connectivity index (χ2v) is 4.64. The fraction of sp³-hybridized carbons (Fsp3) is 0.500. The van der Waals surface area contributed by atoms with Crippen LogP contribution in [0.3, 0.4) is 0 Å². The first-order valence-corrected chi connectivity index (χ1v) is 4.94. The molecule has 0 aliphatic heterocycles. The Morgan fingerprint density at radius 1 is 1.43 bits per heavy atom. The van der Waals surface area contributed by atoms with Gasteiger partial charge in [-0.2, -0.15) is 0 Å². The van der Waals surface area contributed by atoms with E-state index in [4.69, 9.17) is 0 Å². The molecule has 0 radical (unpaired) electrons. The van der Waals surface area contributed by atoms with Crippen molar-refractivity contribution >= 4 is 0 Å². The van der Waals surface area contributed by atoms with Crippen LogP contribution in [-0.2, 0) is 5.60 Å². The van der Waals surface area contributed by atoms with Gasteiger partial charge in [-0.05, 0) is 37.5 Å². The predicted molar refractivity (Wildman–Crippen MR) is 53.3 cm³/mol. The summed E-state index contributed by atoms with van der Waals surface area (Å²) in [5, 5.41) is 10.3. The summed E-state index contributed by atoms with van der Waals surface area (Å²) in [5.74, 6) is -0.285. The van der Waals surface area contributed by atoms with Crippen molar-refractivity contribution in [2.75, 3.05) is 0 Å². The van der Waals surface area contributed by atoms with Crippen molar-refractivity contribution in [1.29, 1.82) is 0 Å². The van der Waals surface area contributed by atoms with Crippen LogP contribution in [0.5, 0.6) is 0 Å². The topological polar surface area (TPSA) is 20.2 Å². The summed E-state index contributed by atoms with van der Waals surface area (Å²) in [4.78, 5) is 0. The van der Waals surface area contributed by atoms with Crippen molar-refractivity contribution in [2.45, 2.75) is 32.3 Å². The summed E-state index contributed by atoms with van der Waals surface area (Å²) in [6.07, 6.45) is 2.02. The molecule has 1 aromatic rings. The molecule has 14 heavy (non-hydrogen) atoms. The van der Waals surface area contributed by atoms with Crippen molar-refractivity contribution in [3.8, 4) is 0 Å². The highest BCUT2D eigenvalue weighted by Gasteiger charge is 2.53. The van der Waals surface area contributed by atoms with Gasteiger partial charge in [-0.1, -0.05) is 19.1 Å². The molecule has 1 aliphatic carbocycles. The number of halogens is 1. The summed E-state index contributed by atoms with van der Waals surface area (Å²) in [6.45, 7) is 3.81. The average molecular weight is 194 g/mol. The zero-order valence-electron chi connectivity index (χ0n) is 8.55. The quantitative estimate of drug-likeness (QED) is 0.767. The SMILES string of the molecule is CC1(C(C)(O)c2cccc(F)c2)CC1. The Bertz CT molecular complexity index is 353. The second kappa shape index (κ2) is 2.80. The summed E-state index contributed by atoms with van der Waals surface area (Å²) >= 11 is 0. The normalized spacial score (nSPS) is 22.9. The maximum Gasteiger partial charge on any atom is 0.123 e. The third-order valence-electron chi connectivity index (χ3n) is 3.56. The molecule has 0 aromatic heterocycles. The van der Waals surface area contributed by atoms with Crippen LogP contribution in [0.4, 0.5) is 4.39 Å². The molecule has 1 fully saturated rings. The van der Waals surface area contributed by atoms with Crippen molar-refractivity contribution in [2.24, 2.45) is 5.41 Å². The monoisotopic (exact) mass is 194 g/mol. The van der Waals surface area contributed by atoms with Gasteiger partial charge < -0.3 is 5.11 Å². The molecule has 0 bridgehead atoms. The molecule has 1 aromatic carbocycles. The maximum absolute atomic E-state index is 13.0. The van der Waals surface area contributed by atoms with E-state index in [1.54, 1.807) is 19.1 Å². The largest absolute Gasteiger partial charge is 0.385 e. The minimum absolute atomic E-state index is 0.0687. The second-order valence-electron chi connectivity index (χ2n) is 4.64. The zero-order chi connectivity index (χ0) is 10.4. The Hall–Kier alpha value is -0.890. The molecule has 1 nitrogen and oxygen atoms in total. The highest BCUT2D eigenvalue weighted by molar-refractivity contribution is 5.27. The molecule has 76 valence electrons. The van der Waals surface area contributed by atoms with Gasteiger partial charge in [0.15, 0.2) is 0 Å². The summed E-state index contributed by atoms with van der Waals surface area (Å²) < 4.78 is 13.0. The summed E-state index contributed by atoms with van der Waals surface area (Å²) in [7, 11) is 0. The van der Waals surface area contributed by atoms with E-state index in [9.17, 15) is 9.50 Å². The first-order chi connectivity index (χ1) is 6.46. The molecular formula is C12H15FO. The van der Waals surface area contributed by atoms with E-state index in [1.807, 2.05) is 6.92 Å². The maximum atomic E-state index is 13.0. The third-order valence-corrected chi connectivity index (χ3v) is 3.56. The molecule has 1 atom stereocenters. The average Bonchev–Trinajstić information content (AvgIpc) is 2.85. The zero-order valence-corrected chi connectivity index (χ0v) is 8.55. The number of hydrogen-bond acceptors (Lipinski definition) is 1. The number of hydrogen-bond donors (Lipinski definition) is 1. The lowest BCUT2D eigenvalue weighted by Crippen LogP contribution is -2.31. The molecule has 0 saturated heterocycles. The Labute approximate surface area is 83.6 Å². The number of benzene rings is 1. The highest BCUT2D eigenvalue weighted by Crippen LogP contribution is 2.57. The van der Waals surface area contributed by atoms with E-state index in [1.165, 1.54) is 12.1 Å². The van der Waals surface area contributed by atoms with Crippen LogP contribution in [0.1, 0.15) is 32.3 Å². The summed E-state index contributed by atoms with van der Waals surface area (Å²) in [6, 6.07) is 6.25. The minimum Gasteiger partial charge on any atom is -0.385 e. The van der Waals surface area contributed by atoms with E-state index in [0.29, 0.717) is 5.56 Å². The molecule has 0 heterocycles. The van der Waals surface area contributed by atoms with Crippen molar-refractivity contribution < 1.29 is 9.50 Å². The van der Waals surface area contributed by atoms with Gasteiger partial charge in [-0.15, -0.1) is 0 Å². The van der Waals surface area contributed by atoms with Crippen molar-refractivity contribution in [3.05, 3.63) is 35.6 Å². The molecule has 1 saturated carbocycles. The molecular weight excluding hydrogens is 179 g/mol. The number of rotatable bonds is 2. The van der Waals surface area contributed by atoms with E-state index in [2.05, 4.69) is 0 Å². The lowest BCUT2D eigenvalue weighted by molar-refractivity contribution is -0.0129. The Kier molecular flexibility index (Phi) is 1.93. The number of aliphatic hydroxyl groups is 1. The van der Waals surface area contributed by atoms with Gasteiger partial charge >= 0.3 is 0 Å². The van der Waals surface area contributed by atoms with Gasteiger partial charge in [0.1, 0.15) is 5.82 Å². The van der Waals surface area contributed by atoms with Gasteiger partial charge in [0.25, 0.3) is 0 Å². The van der Waals surface area contributed by atoms with E-state index >= 15 is 0 Å². The Balaban J connectivity index is 2.38. The molecule has 0 amide bonds. The van der Waals surface area contributed by atoms with Gasteiger partial charge in [-0.3, -0.25) is 0 Å². The lowest BCUT2D eigenvalue weighted by atomic mass is 9.81. The van der Waals surface area contributed by atoms with Crippen LogP contribution in [0.25, 0.3) is 0 Å². The lowest BCUT2D eigenvalue weighted by Gasteiger charge is -2.31. The summed E-state index contributed by atoms with van der Waals surface area (Å²) in [5.41, 5.74) is -0.298. The molecule has 1 aliphatic rings. The van der Waals surface area contributed by atoms with Gasteiger partial charge in [0, 0.05) is 5.41 Å². The minimum atomic E-state index is -0.908. The third kappa shape index (κ3) is 1.34. The van der Waals surface area contributed by atoms with Crippen LogP contribution in [0.2, 0.25) is 0 Å². The van der Waals surface area contributed by atoms with E-state index in [0.717, 1.165) is 12.8 Å². The standard InChI is InChI=1S/C12H15FO/c1-11(6-7-11)12(2,14)9-4-3-5-10(13)8-9/h3-5,8,14H,6-7H2,1-2H3. The van der Waals surface area contributed by atoms with Crippen LogP contribution >= 0.6 is 0 Å². The molecule has 0 spiro atoms. The van der Waals surface area contributed by atoms with Crippen LogP contribution in [0.15, 0.2) is 24.3 Å². The van der Waals surface area contributed by atoms with Gasteiger partial charge in [0.05, 0.1) is 5.60 Å². The van der Waals surface area contributed by atoms with Crippen molar-refractivity contribution in [3.63, 3.8) is 0 Å².